The first-order chi connectivity index (χ1) is 9.42. The molecule has 0 fully saturated rings. The third-order valence-electron chi connectivity index (χ3n) is 3.08. The summed E-state index contributed by atoms with van der Waals surface area (Å²) >= 11 is 0. The van der Waals surface area contributed by atoms with Crippen LogP contribution in [0.2, 0.25) is 0 Å². The van der Waals surface area contributed by atoms with E-state index in [0.29, 0.717) is 0 Å². The molecule has 1 rings (SSSR count). The van der Waals surface area contributed by atoms with Gasteiger partial charge in [0.05, 0.1) is 13.1 Å². The fourth-order valence-electron chi connectivity index (χ4n) is 1.83. The molecule has 0 radical (unpaired) electrons. The number of hydrogen-bond acceptors (Lipinski definition) is 3. The van der Waals surface area contributed by atoms with Gasteiger partial charge in [0.2, 0.25) is 11.8 Å². The zero-order valence-electron chi connectivity index (χ0n) is 12.3. The second-order valence-corrected chi connectivity index (χ2v) is 5.06. The Kier molecular flexibility index (Phi) is 6.18. The Hall–Kier alpha value is -1.88. The smallest absolute Gasteiger partial charge is 0.238 e. The minimum atomic E-state index is -0.432. The van der Waals surface area contributed by atoms with E-state index in [9.17, 15) is 9.59 Å². The molecule has 0 saturated carbocycles. The molecule has 0 aliphatic heterocycles. The second-order valence-electron chi connectivity index (χ2n) is 5.06. The van der Waals surface area contributed by atoms with Crippen molar-refractivity contribution in [2.75, 3.05) is 18.4 Å². The Bertz CT molecular complexity index is 455. The van der Waals surface area contributed by atoms with Gasteiger partial charge < -0.3 is 11.1 Å². The lowest BCUT2D eigenvalue weighted by Gasteiger charge is -2.24. The molecule has 5 heteroatoms. The molecule has 0 bridgehead atoms. The van der Waals surface area contributed by atoms with E-state index in [1.165, 1.54) is 5.56 Å². The van der Waals surface area contributed by atoms with Gasteiger partial charge >= 0.3 is 0 Å². The second kappa shape index (κ2) is 7.65. The Balaban J connectivity index is 2.58. The molecular weight excluding hydrogens is 254 g/mol. The van der Waals surface area contributed by atoms with Crippen molar-refractivity contribution in [3.05, 3.63) is 29.8 Å². The van der Waals surface area contributed by atoms with Crippen molar-refractivity contribution in [2.24, 2.45) is 5.73 Å². The molecule has 0 atom stereocenters. The molecule has 0 unspecified atom stereocenters. The standard InChI is InChI=1S/C15H23N3O2/c1-4-12-5-7-13(8-6-12)17-15(20)10-18(11(2)3)9-14(16)19/h5-8,11H,4,9-10H2,1-3H3,(H2,16,19)(H,17,20). The highest BCUT2D eigenvalue weighted by atomic mass is 16.2. The highest BCUT2D eigenvalue weighted by molar-refractivity contribution is 5.92. The van der Waals surface area contributed by atoms with Crippen LogP contribution in [-0.2, 0) is 16.0 Å². The SMILES string of the molecule is CCc1ccc(NC(=O)CN(CC(N)=O)C(C)C)cc1. The normalized spacial score (nSPS) is 10.8. The molecular formula is C15H23N3O2. The number of nitrogens with two attached hydrogens (primary N) is 1. The zero-order valence-corrected chi connectivity index (χ0v) is 12.3. The fraction of sp³-hybridized carbons (Fsp3) is 0.467. The number of rotatable bonds is 7. The minimum Gasteiger partial charge on any atom is -0.369 e. The number of primary amides is 1. The molecule has 1 aromatic carbocycles. The predicted molar refractivity (Wildman–Crippen MR) is 80.4 cm³/mol. The maximum atomic E-state index is 12.0. The number of amides is 2. The van der Waals surface area contributed by atoms with Gasteiger partial charge in [-0.2, -0.15) is 0 Å². The van der Waals surface area contributed by atoms with Gasteiger partial charge in [-0.1, -0.05) is 19.1 Å². The Morgan fingerprint density at radius 2 is 1.80 bits per heavy atom. The van der Waals surface area contributed by atoms with Crippen molar-refractivity contribution < 1.29 is 9.59 Å². The molecule has 0 aliphatic rings. The first kappa shape index (κ1) is 16.2. The lowest BCUT2D eigenvalue weighted by molar-refractivity contribution is -0.121. The summed E-state index contributed by atoms with van der Waals surface area (Å²) in [6.45, 7) is 6.16. The summed E-state index contributed by atoms with van der Waals surface area (Å²) in [5.74, 6) is -0.581. The van der Waals surface area contributed by atoms with Crippen LogP contribution in [0.3, 0.4) is 0 Å². The Morgan fingerprint density at radius 3 is 2.25 bits per heavy atom. The van der Waals surface area contributed by atoms with E-state index < -0.39 is 5.91 Å². The van der Waals surface area contributed by atoms with E-state index in [-0.39, 0.29) is 25.0 Å². The van der Waals surface area contributed by atoms with Crippen LogP contribution >= 0.6 is 0 Å². The van der Waals surface area contributed by atoms with Crippen LogP contribution in [0.15, 0.2) is 24.3 Å². The van der Waals surface area contributed by atoms with Crippen molar-refractivity contribution in [3.8, 4) is 0 Å². The van der Waals surface area contributed by atoms with E-state index in [2.05, 4.69) is 12.2 Å². The lowest BCUT2D eigenvalue weighted by atomic mass is 10.1. The summed E-state index contributed by atoms with van der Waals surface area (Å²) in [6.07, 6.45) is 0.966. The average molecular weight is 277 g/mol. The molecule has 3 N–H and O–H groups in total. The lowest BCUT2D eigenvalue weighted by Crippen LogP contribution is -2.43. The Labute approximate surface area is 120 Å². The summed E-state index contributed by atoms with van der Waals surface area (Å²) in [5.41, 5.74) is 7.16. The summed E-state index contributed by atoms with van der Waals surface area (Å²) < 4.78 is 0. The number of benzene rings is 1. The van der Waals surface area contributed by atoms with Gasteiger partial charge in [-0.25, -0.2) is 0 Å². The van der Waals surface area contributed by atoms with E-state index in [1.807, 2.05) is 38.1 Å². The van der Waals surface area contributed by atoms with Gasteiger partial charge in [-0.05, 0) is 38.0 Å². The van der Waals surface area contributed by atoms with Crippen molar-refractivity contribution in [3.63, 3.8) is 0 Å². The van der Waals surface area contributed by atoms with Crippen molar-refractivity contribution >= 4 is 17.5 Å². The largest absolute Gasteiger partial charge is 0.369 e. The summed E-state index contributed by atoms with van der Waals surface area (Å²) in [6, 6.07) is 7.81. The molecule has 5 nitrogen and oxygen atoms in total. The minimum absolute atomic E-state index is 0.0794. The third kappa shape index (κ3) is 5.40. The molecule has 0 saturated heterocycles. The molecule has 20 heavy (non-hydrogen) atoms. The van der Waals surface area contributed by atoms with Gasteiger partial charge in [0, 0.05) is 11.7 Å². The predicted octanol–water partition coefficient (Wildman–Crippen LogP) is 1.38. The van der Waals surface area contributed by atoms with Crippen LogP contribution in [0.5, 0.6) is 0 Å². The van der Waals surface area contributed by atoms with E-state index in [0.717, 1.165) is 12.1 Å². The van der Waals surface area contributed by atoms with Crippen LogP contribution in [-0.4, -0.2) is 35.8 Å². The summed E-state index contributed by atoms with van der Waals surface area (Å²) in [7, 11) is 0. The van der Waals surface area contributed by atoms with E-state index in [1.54, 1.807) is 4.90 Å². The topological polar surface area (TPSA) is 75.4 Å². The Morgan fingerprint density at radius 1 is 1.20 bits per heavy atom. The van der Waals surface area contributed by atoms with Gasteiger partial charge in [0.1, 0.15) is 0 Å². The number of nitrogens with zero attached hydrogens (tertiary/aromatic N) is 1. The number of aryl methyl sites for hydroxylation is 1. The van der Waals surface area contributed by atoms with Gasteiger partial charge in [-0.3, -0.25) is 14.5 Å². The molecule has 0 heterocycles. The number of hydrogen-bond donors (Lipinski definition) is 2. The van der Waals surface area contributed by atoms with Crippen molar-refractivity contribution in [1.82, 2.24) is 4.90 Å². The molecule has 2 amide bonds. The number of carbonyl (C=O) groups excluding carboxylic acids is 2. The van der Waals surface area contributed by atoms with Crippen LogP contribution in [0.25, 0.3) is 0 Å². The molecule has 1 aromatic rings. The maximum absolute atomic E-state index is 12.0. The first-order valence-electron chi connectivity index (χ1n) is 6.83. The van der Waals surface area contributed by atoms with E-state index >= 15 is 0 Å². The number of carbonyl (C=O) groups is 2. The highest BCUT2D eigenvalue weighted by Gasteiger charge is 2.16. The third-order valence-corrected chi connectivity index (χ3v) is 3.08. The molecule has 110 valence electrons. The molecule has 0 aliphatic carbocycles. The van der Waals surface area contributed by atoms with Crippen LogP contribution in [0.4, 0.5) is 5.69 Å². The van der Waals surface area contributed by atoms with Gasteiger partial charge in [0.25, 0.3) is 0 Å². The number of anilines is 1. The zero-order chi connectivity index (χ0) is 15.1. The molecule has 0 aromatic heterocycles. The van der Waals surface area contributed by atoms with Crippen LogP contribution in [0, 0.1) is 0 Å². The first-order valence-corrected chi connectivity index (χ1v) is 6.83. The van der Waals surface area contributed by atoms with E-state index in [4.69, 9.17) is 5.73 Å². The van der Waals surface area contributed by atoms with Crippen LogP contribution in [0.1, 0.15) is 26.3 Å². The van der Waals surface area contributed by atoms with Gasteiger partial charge in [-0.15, -0.1) is 0 Å². The van der Waals surface area contributed by atoms with Crippen molar-refractivity contribution in [1.29, 1.82) is 0 Å². The summed E-state index contributed by atoms with van der Waals surface area (Å²) in [4.78, 5) is 24.7. The van der Waals surface area contributed by atoms with Crippen molar-refractivity contribution in [2.45, 2.75) is 33.2 Å². The number of nitrogens with one attached hydrogen (secondary N) is 1. The summed E-state index contributed by atoms with van der Waals surface area (Å²) in [5, 5.41) is 2.82. The monoisotopic (exact) mass is 277 g/mol. The average Bonchev–Trinajstić information content (AvgIpc) is 2.38. The molecule has 0 spiro atoms. The van der Waals surface area contributed by atoms with Crippen LogP contribution < -0.4 is 11.1 Å². The maximum Gasteiger partial charge on any atom is 0.238 e. The highest BCUT2D eigenvalue weighted by Crippen LogP contribution is 2.10. The fourth-order valence-corrected chi connectivity index (χ4v) is 1.83. The quantitative estimate of drug-likeness (QED) is 0.790. The van der Waals surface area contributed by atoms with Gasteiger partial charge in [0.15, 0.2) is 0 Å².